The van der Waals surface area contributed by atoms with Crippen LogP contribution in [0.3, 0.4) is 0 Å². The summed E-state index contributed by atoms with van der Waals surface area (Å²) in [6, 6.07) is 5.28. The highest BCUT2D eigenvalue weighted by atomic mass is 16.5. The van der Waals surface area contributed by atoms with Gasteiger partial charge in [-0.05, 0) is 12.1 Å². The van der Waals surface area contributed by atoms with Gasteiger partial charge in [-0.2, -0.15) is 5.26 Å². The van der Waals surface area contributed by atoms with Crippen LogP contribution in [0.2, 0.25) is 0 Å². The van der Waals surface area contributed by atoms with E-state index in [0.29, 0.717) is 24.5 Å². The Labute approximate surface area is 98.1 Å². The number of rotatable bonds is 2. The number of carbonyl (C=O) groups is 1. The highest BCUT2D eigenvalue weighted by Crippen LogP contribution is 2.16. The van der Waals surface area contributed by atoms with Crippen LogP contribution >= 0.6 is 0 Å². The molecule has 1 aromatic rings. The fraction of sp³-hybridized carbons (Fsp3) is 0.364. The lowest BCUT2D eigenvalue weighted by atomic mass is 10.2. The Bertz CT molecular complexity index is 469. The first-order valence-corrected chi connectivity index (χ1v) is 5.16. The molecule has 0 spiro atoms. The first kappa shape index (κ1) is 11.4. The molecule has 17 heavy (non-hydrogen) atoms. The van der Waals surface area contributed by atoms with E-state index in [4.69, 9.17) is 15.1 Å². The number of carboxylic acids is 1. The number of aromatic nitrogens is 1. The number of morpholine rings is 1. The molecule has 1 unspecified atom stereocenters. The second kappa shape index (κ2) is 4.80. The van der Waals surface area contributed by atoms with Gasteiger partial charge in [-0.15, -0.1) is 0 Å². The molecular weight excluding hydrogens is 222 g/mol. The Morgan fingerprint density at radius 1 is 1.71 bits per heavy atom. The summed E-state index contributed by atoms with van der Waals surface area (Å²) >= 11 is 0. The Kier molecular flexibility index (Phi) is 3.21. The number of carboxylic acid groups (broad SMARTS) is 1. The molecule has 1 aromatic heterocycles. The number of hydrogen-bond acceptors (Lipinski definition) is 5. The van der Waals surface area contributed by atoms with Crippen molar-refractivity contribution >= 4 is 11.8 Å². The zero-order valence-electron chi connectivity index (χ0n) is 9.04. The molecule has 0 bridgehead atoms. The van der Waals surface area contributed by atoms with E-state index in [-0.39, 0.29) is 6.54 Å². The molecule has 0 radical (unpaired) electrons. The van der Waals surface area contributed by atoms with E-state index in [0.717, 1.165) is 0 Å². The third-order valence-corrected chi connectivity index (χ3v) is 2.54. The van der Waals surface area contributed by atoms with Gasteiger partial charge in [-0.3, -0.25) is 0 Å². The third-order valence-electron chi connectivity index (χ3n) is 2.54. The summed E-state index contributed by atoms with van der Waals surface area (Å²) in [6.45, 7) is 1.16. The van der Waals surface area contributed by atoms with Crippen molar-refractivity contribution in [2.24, 2.45) is 0 Å². The van der Waals surface area contributed by atoms with Gasteiger partial charge >= 0.3 is 5.97 Å². The lowest BCUT2D eigenvalue weighted by molar-refractivity contribution is -0.150. The van der Waals surface area contributed by atoms with Crippen LogP contribution in [0.4, 0.5) is 5.82 Å². The number of nitrogens with zero attached hydrogens (tertiary/aromatic N) is 3. The van der Waals surface area contributed by atoms with Crippen molar-refractivity contribution in [3.05, 3.63) is 23.9 Å². The van der Waals surface area contributed by atoms with Crippen molar-refractivity contribution < 1.29 is 14.6 Å². The average Bonchev–Trinajstić information content (AvgIpc) is 2.39. The van der Waals surface area contributed by atoms with E-state index in [9.17, 15) is 4.79 Å². The van der Waals surface area contributed by atoms with E-state index in [1.54, 1.807) is 18.3 Å². The number of nitriles is 1. The SMILES string of the molecule is N#Cc1ccnc(N2CCOC(C(=O)O)C2)c1. The maximum Gasteiger partial charge on any atom is 0.334 e. The number of hydrogen-bond donors (Lipinski definition) is 1. The van der Waals surface area contributed by atoms with Crippen molar-refractivity contribution in [1.82, 2.24) is 4.98 Å². The normalized spacial score (nSPS) is 19.7. The van der Waals surface area contributed by atoms with E-state index in [2.05, 4.69) is 4.98 Å². The van der Waals surface area contributed by atoms with E-state index >= 15 is 0 Å². The zero-order valence-corrected chi connectivity index (χ0v) is 9.04. The lowest BCUT2D eigenvalue weighted by Gasteiger charge is -2.31. The van der Waals surface area contributed by atoms with Gasteiger partial charge in [-0.1, -0.05) is 0 Å². The van der Waals surface area contributed by atoms with Crippen LogP contribution in [-0.2, 0) is 9.53 Å². The van der Waals surface area contributed by atoms with Gasteiger partial charge in [0.05, 0.1) is 24.8 Å². The summed E-state index contributed by atoms with van der Waals surface area (Å²) < 4.78 is 5.11. The largest absolute Gasteiger partial charge is 0.479 e. The van der Waals surface area contributed by atoms with Crippen LogP contribution in [0.5, 0.6) is 0 Å². The predicted octanol–water partition coefficient (Wildman–Crippen LogP) is 0.243. The Morgan fingerprint density at radius 2 is 2.53 bits per heavy atom. The van der Waals surface area contributed by atoms with Crippen molar-refractivity contribution in [3.8, 4) is 6.07 Å². The smallest absolute Gasteiger partial charge is 0.334 e. The molecule has 0 saturated carbocycles. The standard InChI is InChI=1S/C11H11N3O3/c12-6-8-1-2-13-10(5-8)14-3-4-17-9(7-14)11(15)16/h1-2,5,9H,3-4,7H2,(H,15,16). The fourth-order valence-corrected chi connectivity index (χ4v) is 1.67. The van der Waals surface area contributed by atoms with Gasteiger partial charge in [0.15, 0.2) is 6.10 Å². The highest BCUT2D eigenvalue weighted by molar-refractivity contribution is 5.73. The summed E-state index contributed by atoms with van der Waals surface area (Å²) in [7, 11) is 0. The quantitative estimate of drug-likeness (QED) is 0.787. The zero-order chi connectivity index (χ0) is 12.3. The summed E-state index contributed by atoms with van der Waals surface area (Å²) in [4.78, 5) is 16.8. The fourth-order valence-electron chi connectivity index (χ4n) is 1.67. The molecule has 1 N–H and O–H groups in total. The van der Waals surface area contributed by atoms with Gasteiger partial charge in [0.25, 0.3) is 0 Å². The molecule has 1 atom stereocenters. The van der Waals surface area contributed by atoms with Gasteiger partial charge in [0.2, 0.25) is 0 Å². The van der Waals surface area contributed by atoms with Crippen molar-refractivity contribution in [1.29, 1.82) is 5.26 Å². The summed E-state index contributed by atoms with van der Waals surface area (Å²) in [6.07, 6.45) is 0.704. The van der Waals surface area contributed by atoms with E-state index in [1.807, 2.05) is 11.0 Å². The molecule has 0 aliphatic carbocycles. The highest BCUT2D eigenvalue weighted by Gasteiger charge is 2.26. The third kappa shape index (κ3) is 2.52. The summed E-state index contributed by atoms with van der Waals surface area (Å²) in [5.41, 5.74) is 0.508. The number of pyridine rings is 1. The van der Waals surface area contributed by atoms with Crippen LogP contribution in [0.25, 0.3) is 0 Å². The molecule has 2 rings (SSSR count). The van der Waals surface area contributed by atoms with Crippen molar-refractivity contribution in [2.45, 2.75) is 6.10 Å². The minimum absolute atomic E-state index is 0.247. The number of ether oxygens (including phenoxy) is 1. The minimum Gasteiger partial charge on any atom is -0.479 e. The predicted molar refractivity (Wildman–Crippen MR) is 58.5 cm³/mol. The Morgan fingerprint density at radius 3 is 3.24 bits per heavy atom. The second-order valence-corrected chi connectivity index (χ2v) is 3.66. The summed E-state index contributed by atoms with van der Waals surface area (Å²) in [5, 5.41) is 17.7. The molecule has 0 amide bonds. The van der Waals surface area contributed by atoms with Gasteiger partial charge in [-0.25, -0.2) is 9.78 Å². The minimum atomic E-state index is -0.980. The molecule has 1 fully saturated rings. The average molecular weight is 233 g/mol. The lowest BCUT2D eigenvalue weighted by Crippen LogP contribution is -2.46. The van der Waals surface area contributed by atoms with Crippen LogP contribution in [0.1, 0.15) is 5.56 Å². The number of anilines is 1. The van der Waals surface area contributed by atoms with Gasteiger partial charge in [0.1, 0.15) is 5.82 Å². The maximum atomic E-state index is 10.8. The first-order chi connectivity index (χ1) is 8.20. The van der Waals surface area contributed by atoms with Crippen LogP contribution in [-0.4, -0.2) is 41.9 Å². The topological polar surface area (TPSA) is 86.5 Å². The molecule has 1 aliphatic rings. The van der Waals surface area contributed by atoms with Crippen molar-refractivity contribution in [2.75, 3.05) is 24.6 Å². The Hall–Kier alpha value is -2.13. The molecule has 6 nitrogen and oxygen atoms in total. The number of aliphatic carboxylic acids is 1. The first-order valence-electron chi connectivity index (χ1n) is 5.16. The van der Waals surface area contributed by atoms with Crippen LogP contribution in [0, 0.1) is 11.3 Å². The maximum absolute atomic E-state index is 10.8. The molecular formula is C11H11N3O3. The van der Waals surface area contributed by atoms with E-state index in [1.165, 1.54) is 0 Å². The van der Waals surface area contributed by atoms with Crippen molar-refractivity contribution in [3.63, 3.8) is 0 Å². The van der Waals surface area contributed by atoms with Gasteiger partial charge < -0.3 is 14.7 Å². The Balaban J connectivity index is 2.16. The molecule has 1 saturated heterocycles. The molecule has 1 aliphatic heterocycles. The monoisotopic (exact) mass is 233 g/mol. The van der Waals surface area contributed by atoms with Crippen LogP contribution in [0.15, 0.2) is 18.3 Å². The van der Waals surface area contributed by atoms with Gasteiger partial charge in [0, 0.05) is 12.7 Å². The molecule has 2 heterocycles. The van der Waals surface area contributed by atoms with Crippen LogP contribution < -0.4 is 4.90 Å². The molecule has 0 aromatic carbocycles. The molecule has 88 valence electrons. The molecule has 6 heteroatoms. The second-order valence-electron chi connectivity index (χ2n) is 3.66. The van der Waals surface area contributed by atoms with E-state index < -0.39 is 12.1 Å². The summed E-state index contributed by atoms with van der Waals surface area (Å²) in [5.74, 6) is -0.371.